The Hall–Kier alpha value is -0.280. The summed E-state index contributed by atoms with van der Waals surface area (Å²) in [6.07, 6.45) is 0.192. The van der Waals surface area contributed by atoms with Crippen molar-refractivity contribution in [2.24, 2.45) is 0 Å². The van der Waals surface area contributed by atoms with Crippen LogP contribution in [0.2, 0.25) is 0 Å². The van der Waals surface area contributed by atoms with E-state index in [-0.39, 0.29) is 24.9 Å². The first-order valence-corrected chi connectivity index (χ1v) is 2.12. The smallest absolute Gasteiger partial charge is 0.306 e. The first kappa shape index (κ1) is 7.72. The van der Waals surface area contributed by atoms with E-state index in [0.29, 0.717) is 6.61 Å². The van der Waals surface area contributed by atoms with Crippen LogP contribution in [0.25, 0.3) is 0 Å². The average molecular weight is 139 g/mol. The maximum atomic E-state index is 9.77. The molecule has 3 nitrogen and oxygen atoms in total. The summed E-state index contributed by atoms with van der Waals surface area (Å²) in [6, 6.07) is 0. The Balaban J connectivity index is 0.000000490. The number of halogens is 1. The van der Waals surface area contributed by atoms with E-state index in [1.165, 1.54) is 0 Å². The molecule has 1 rings (SSSR count). The molecule has 8 heavy (non-hydrogen) atoms. The fourth-order valence-corrected chi connectivity index (χ4v) is 0.381. The number of hydrogen-bond donors (Lipinski definition) is 1. The predicted octanol–water partition coefficient (Wildman–Crippen LogP) is 0.282. The molecule has 0 aromatic carbocycles. The standard InChI is InChI=1S/C4H6O3.ClH/c5-4(6)1-3-2-7-3;/h3H,1-2H2,(H,5,6);1H. The third-order valence-electron chi connectivity index (χ3n) is 0.805. The van der Waals surface area contributed by atoms with E-state index >= 15 is 0 Å². The molecule has 1 unspecified atom stereocenters. The lowest BCUT2D eigenvalue weighted by molar-refractivity contribution is -0.137. The van der Waals surface area contributed by atoms with Gasteiger partial charge in [0.1, 0.15) is 0 Å². The maximum absolute atomic E-state index is 9.77. The van der Waals surface area contributed by atoms with Gasteiger partial charge in [0.2, 0.25) is 0 Å². The monoisotopic (exact) mass is 138 g/mol. The van der Waals surface area contributed by atoms with Crippen LogP contribution in [-0.4, -0.2) is 23.8 Å². The van der Waals surface area contributed by atoms with Gasteiger partial charge in [0.05, 0.1) is 19.1 Å². The fourth-order valence-electron chi connectivity index (χ4n) is 0.381. The van der Waals surface area contributed by atoms with E-state index in [9.17, 15) is 4.79 Å². The number of carbonyl (C=O) groups is 1. The van der Waals surface area contributed by atoms with E-state index in [4.69, 9.17) is 5.11 Å². The van der Waals surface area contributed by atoms with Crippen LogP contribution in [0.5, 0.6) is 0 Å². The van der Waals surface area contributed by atoms with Crippen molar-refractivity contribution in [2.75, 3.05) is 6.61 Å². The minimum atomic E-state index is -0.775. The van der Waals surface area contributed by atoms with Crippen LogP contribution in [-0.2, 0) is 9.53 Å². The molecule has 0 aromatic rings. The Labute approximate surface area is 53.1 Å². The van der Waals surface area contributed by atoms with Gasteiger partial charge in [0.25, 0.3) is 0 Å². The van der Waals surface area contributed by atoms with Crippen LogP contribution in [0.1, 0.15) is 6.42 Å². The summed E-state index contributed by atoms with van der Waals surface area (Å²) in [4.78, 5) is 9.77. The molecule has 0 amide bonds. The molecule has 0 aliphatic carbocycles. The summed E-state index contributed by atoms with van der Waals surface area (Å²) < 4.78 is 4.64. The van der Waals surface area contributed by atoms with Gasteiger partial charge in [-0.05, 0) is 0 Å². The Morgan fingerprint density at radius 3 is 2.50 bits per heavy atom. The number of rotatable bonds is 2. The summed E-state index contributed by atoms with van der Waals surface area (Å²) in [6.45, 7) is 0.631. The molecule has 1 aliphatic heterocycles. The van der Waals surface area contributed by atoms with Crippen LogP contribution in [0.15, 0.2) is 0 Å². The van der Waals surface area contributed by atoms with Crippen molar-refractivity contribution in [3.05, 3.63) is 0 Å². The van der Waals surface area contributed by atoms with Gasteiger partial charge in [0.15, 0.2) is 0 Å². The lowest BCUT2D eigenvalue weighted by Crippen LogP contribution is -1.98. The van der Waals surface area contributed by atoms with Crippen molar-refractivity contribution in [3.63, 3.8) is 0 Å². The lowest BCUT2D eigenvalue weighted by Gasteiger charge is -1.80. The van der Waals surface area contributed by atoms with Crippen LogP contribution in [0.4, 0.5) is 0 Å². The minimum Gasteiger partial charge on any atom is -0.481 e. The predicted molar refractivity (Wildman–Crippen MR) is 29.2 cm³/mol. The van der Waals surface area contributed by atoms with E-state index < -0.39 is 5.97 Å². The highest BCUT2D eigenvalue weighted by molar-refractivity contribution is 5.85. The van der Waals surface area contributed by atoms with Gasteiger partial charge in [-0.1, -0.05) is 0 Å². The van der Waals surface area contributed by atoms with Crippen molar-refractivity contribution >= 4 is 18.4 Å². The maximum Gasteiger partial charge on any atom is 0.306 e. The molecule has 0 saturated carbocycles. The topological polar surface area (TPSA) is 49.8 Å². The number of aliphatic carboxylic acids is 1. The minimum absolute atomic E-state index is 0. The molecule has 0 radical (unpaired) electrons. The van der Waals surface area contributed by atoms with Crippen molar-refractivity contribution < 1.29 is 14.6 Å². The van der Waals surface area contributed by atoms with Gasteiger partial charge in [-0.25, -0.2) is 0 Å². The van der Waals surface area contributed by atoms with Crippen LogP contribution in [0.3, 0.4) is 0 Å². The van der Waals surface area contributed by atoms with Crippen molar-refractivity contribution in [2.45, 2.75) is 12.5 Å². The first-order chi connectivity index (χ1) is 3.29. The summed E-state index contributed by atoms with van der Waals surface area (Å²) in [5.74, 6) is -0.775. The van der Waals surface area contributed by atoms with E-state index in [2.05, 4.69) is 4.74 Å². The molecule has 1 heterocycles. The zero-order chi connectivity index (χ0) is 5.28. The molecular weight excluding hydrogens is 131 g/mol. The molecule has 1 saturated heterocycles. The van der Waals surface area contributed by atoms with E-state index in [1.807, 2.05) is 0 Å². The number of epoxide rings is 1. The Bertz CT molecular complexity index is 89.3. The van der Waals surface area contributed by atoms with Gasteiger partial charge in [-0.15, -0.1) is 12.4 Å². The number of ether oxygens (including phenoxy) is 1. The second-order valence-corrected chi connectivity index (χ2v) is 1.55. The van der Waals surface area contributed by atoms with Crippen molar-refractivity contribution in [1.82, 2.24) is 0 Å². The average Bonchev–Trinajstić information content (AvgIpc) is 2.17. The zero-order valence-corrected chi connectivity index (χ0v) is 4.98. The van der Waals surface area contributed by atoms with Crippen LogP contribution in [0, 0.1) is 0 Å². The molecule has 4 heteroatoms. The fraction of sp³-hybridized carbons (Fsp3) is 0.750. The number of carboxylic acids is 1. The lowest BCUT2D eigenvalue weighted by atomic mass is 10.3. The number of hydrogen-bond acceptors (Lipinski definition) is 2. The molecule has 0 aromatic heterocycles. The highest BCUT2D eigenvalue weighted by Crippen LogP contribution is 2.12. The second-order valence-electron chi connectivity index (χ2n) is 1.55. The van der Waals surface area contributed by atoms with Crippen molar-refractivity contribution in [1.29, 1.82) is 0 Å². The molecule has 1 fully saturated rings. The zero-order valence-electron chi connectivity index (χ0n) is 4.16. The van der Waals surface area contributed by atoms with Gasteiger partial charge in [-0.2, -0.15) is 0 Å². The third-order valence-corrected chi connectivity index (χ3v) is 0.805. The van der Waals surface area contributed by atoms with Gasteiger partial charge in [0, 0.05) is 0 Å². The Kier molecular flexibility index (Phi) is 2.79. The molecular formula is C4H7ClO3. The quantitative estimate of drug-likeness (QED) is 0.558. The van der Waals surface area contributed by atoms with Crippen LogP contribution >= 0.6 is 12.4 Å². The van der Waals surface area contributed by atoms with E-state index in [0.717, 1.165) is 0 Å². The number of carboxylic acid groups (broad SMARTS) is 1. The molecule has 1 N–H and O–H groups in total. The molecule has 48 valence electrons. The highest BCUT2D eigenvalue weighted by atomic mass is 35.5. The molecule has 1 atom stereocenters. The third kappa shape index (κ3) is 2.82. The summed E-state index contributed by atoms with van der Waals surface area (Å²) in [7, 11) is 0. The summed E-state index contributed by atoms with van der Waals surface area (Å²) in [5, 5.41) is 8.04. The first-order valence-electron chi connectivity index (χ1n) is 2.12. The van der Waals surface area contributed by atoms with Gasteiger partial charge in [-0.3, -0.25) is 4.79 Å². The van der Waals surface area contributed by atoms with Gasteiger partial charge < -0.3 is 9.84 Å². The van der Waals surface area contributed by atoms with E-state index in [1.54, 1.807) is 0 Å². The SMILES string of the molecule is Cl.O=C(O)CC1CO1. The second kappa shape index (κ2) is 2.89. The van der Waals surface area contributed by atoms with Gasteiger partial charge >= 0.3 is 5.97 Å². The highest BCUT2D eigenvalue weighted by Gasteiger charge is 2.24. The molecule has 1 aliphatic rings. The normalized spacial score (nSPS) is 23.8. The molecule has 0 bridgehead atoms. The Morgan fingerprint density at radius 1 is 1.88 bits per heavy atom. The molecule has 0 spiro atoms. The summed E-state index contributed by atoms with van der Waals surface area (Å²) >= 11 is 0. The largest absolute Gasteiger partial charge is 0.481 e. The van der Waals surface area contributed by atoms with Crippen LogP contribution < -0.4 is 0 Å². The van der Waals surface area contributed by atoms with Crippen molar-refractivity contribution in [3.8, 4) is 0 Å². The summed E-state index contributed by atoms with van der Waals surface area (Å²) in [5.41, 5.74) is 0. The Morgan fingerprint density at radius 2 is 2.38 bits per heavy atom.